The van der Waals surface area contributed by atoms with Gasteiger partial charge in [0.15, 0.2) is 0 Å². The number of nitrogen functional groups attached to an aromatic ring is 1. The second kappa shape index (κ2) is 4.17. The molecule has 1 aromatic heterocycles. The summed E-state index contributed by atoms with van der Waals surface area (Å²) in [6, 6.07) is -0.743. The van der Waals surface area contributed by atoms with E-state index in [9.17, 15) is 4.79 Å². The monoisotopic (exact) mass is 194 g/mol. The topological polar surface area (TPSA) is 119 Å². The molecule has 1 heterocycles. The number of nitrogens with two attached hydrogens (primary N) is 2. The fourth-order valence-electron chi connectivity index (χ4n) is 0.762. The van der Waals surface area contributed by atoms with Gasteiger partial charge in [0.25, 0.3) is 0 Å². The van der Waals surface area contributed by atoms with E-state index in [2.05, 4.69) is 15.1 Å². The normalized spacial score (nSPS) is 10.4. The molecule has 0 aliphatic carbocycles. The Labute approximate surface area is 80.2 Å². The van der Waals surface area contributed by atoms with Gasteiger partial charge in [-0.1, -0.05) is 0 Å². The maximum Gasteiger partial charge on any atom is 0.332 e. The van der Waals surface area contributed by atoms with Crippen molar-refractivity contribution in [2.75, 3.05) is 5.73 Å². The second-order valence-electron chi connectivity index (χ2n) is 2.49. The maximum absolute atomic E-state index is 10.3. The molecule has 2 amide bonds. The molecule has 0 unspecified atom stereocenters. The van der Waals surface area contributed by atoms with Gasteiger partial charge in [-0.3, -0.25) is 0 Å². The van der Waals surface area contributed by atoms with E-state index >= 15 is 0 Å². The third-order valence-electron chi connectivity index (χ3n) is 1.35. The number of amides is 2. The lowest BCUT2D eigenvalue weighted by atomic mass is 10.3. The van der Waals surface area contributed by atoms with Crippen LogP contribution in [0.5, 0.6) is 0 Å². The highest BCUT2D eigenvalue weighted by molar-refractivity contribution is 5.85. The molecule has 0 bridgehead atoms. The zero-order chi connectivity index (χ0) is 10.6. The molecule has 5 N–H and O–H groups in total. The number of carbonyl (C=O) groups is 1. The van der Waals surface area contributed by atoms with E-state index in [4.69, 9.17) is 11.5 Å². The van der Waals surface area contributed by atoms with Crippen LogP contribution in [-0.4, -0.2) is 22.2 Å². The minimum absolute atomic E-state index is 0.299. The molecular formula is C7H10N6O. The van der Waals surface area contributed by atoms with E-state index < -0.39 is 6.03 Å². The van der Waals surface area contributed by atoms with Crippen molar-refractivity contribution in [3.63, 3.8) is 0 Å². The molecule has 74 valence electrons. The van der Waals surface area contributed by atoms with Crippen LogP contribution >= 0.6 is 0 Å². The molecule has 0 aliphatic heterocycles. The molecule has 0 atom stereocenters. The summed E-state index contributed by atoms with van der Waals surface area (Å²) in [4.78, 5) is 18.1. The molecule has 0 spiro atoms. The van der Waals surface area contributed by atoms with Gasteiger partial charge in [0.2, 0.25) is 0 Å². The quantitative estimate of drug-likeness (QED) is 0.428. The van der Waals surface area contributed by atoms with Gasteiger partial charge in [-0.05, 0) is 6.92 Å². The van der Waals surface area contributed by atoms with Crippen molar-refractivity contribution >= 4 is 18.1 Å². The standard InChI is InChI=1S/C7H10N6O/c1-4-10-2-5(6(8)12-4)3-11-13-7(9)14/h2-3H,1H3,(H2,8,10,12)(H3,9,13,14)/b11-3+. The summed E-state index contributed by atoms with van der Waals surface area (Å²) in [5.74, 6) is 0.870. The van der Waals surface area contributed by atoms with E-state index in [-0.39, 0.29) is 0 Å². The third kappa shape index (κ3) is 2.70. The predicted octanol–water partition coefficient (Wildman–Crippen LogP) is -0.631. The van der Waals surface area contributed by atoms with Gasteiger partial charge in [0.1, 0.15) is 11.6 Å². The number of carbonyl (C=O) groups excluding carboxylic acids is 1. The van der Waals surface area contributed by atoms with Crippen molar-refractivity contribution in [2.24, 2.45) is 10.8 Å². The number of aryl methyl sites for hydroxylation is 1. The van der Waals surface area contributed by atoms with E-state index in [1.165, 1.54) is 12.4 Å². The van der Waals surface area contributed by atoms with E-state index in [0.29, 0.717) is 17.2 Å². The van der Waals surface area contributed by atoms with Gasteiger partial charge in [-0.2, -0.15) is 5.10 Å². The number of hydrogen-bond donors (Lipinski definition) is 3. The molecule has 0 saturated carbocycles. The molecule has 0 aliphatic rings. The SMILES string of the molecule is Cc1ncc(/C=N/NC(N)=O)c(N)n1. The van der Waals surface area contributed by atoms with Crippen molar-refractivity contribution in [1.82, 2.24) is 15.4 Å². The fraction of sp³-hybridized carbons (Fsp3) is 0.143. The number of nitrogens with zero attached hydrogens (tertiary/aromatic N) is 3. The van der Waals surface area contributed by atoms with E-state index in [1.54, 1.807) is 6.92 Å². The number of rotatable bonds is 2. The molecule has 1 rings (SSSR count). The van der Waals surface area contributed by atoms with Crippen molar-refractivity contribution in [3.8, 4) is 0 Å². The lowest BCUT2D eigenvalue weighted by Gasteiger charge is -1.98. The van der Waals surface area contributed by atoms with Crippen molar-refractivity contribution < 1.29 is 4.79 Å². The van der Waals surface area contributed by atoms with Gasteiger partial charge < -0.3 is 11.5 Å². The summed E-state index contributed by atoms with van der Waals surface area (Å²) >= 11 is 0. The van der Waals surface area contributed by atoms with E-state index in [0.717, 1.165) is 0 Å². The Morgan fingerprint density at radius 2 is 2.43 bits per heavy atom. The highest BCUT2D eigenvalue weighted by Crippen LogP contribution is 2.02. The van der Waals surface area contributed by atoms with Crippen LogP contribution in [0, 0.1) is 6.92 Å². The third-order valence-corrected chi connectivity index (χ3v) is 1.35. The Morgan fingerprint density at radius 1 is 1.71 bits per heavy atom. The maximum atomic E-state index is 10.3. The van der Waals surface area contributed by atoms with Gasteiger partial charge in [-0.25, -0.2) is 20.2 Å². The van der Waals surface area contributed by atoms with Crippen molar-refractivity contribution in [1.29, 1.82) is 0 Å². The Bertz CT molecular complexity index is 374. The van der Waals surface area contributed by atoms with Crippen LogP contribution in [0.3, 0.4) is 0 Å². The van der Waals surface area contributed by atoms with Gasteiger partial charge in [0, 0.05) is 6.20 Å². The number of nitrogens with one attached hydrogen (secondary N) is 1. The first-order valence-corrected chi connectivity index (χ1v) is 3.77. The van der Waals surface area contributed by atoms with Crippen LogP contribution in [0.4, 0.5) is 10.6 Å². The van der Waals surface area contributed by atoms with Crippen LogP contribution in [0.2, 0.25) is 0 Å². The Hall–Kier alpha value is -2.18. The first-order valence-electron chi connectivity index (χ1n) is 3.77. The Balaban J connectivity index is 2.76. The van der Waals surface area contributed by atoms with Gasteiger partial charge in [-0.15, -0.1) is 0 Å². The average Bonchev–Trinajstić information content (AvgIpc) is 2.08. The highest BCUT2D eigenvalue weighted by Gasteiger charge is 1.98. The van der Waals surface area contributed by atoms with Gasteiger partial charge in [0.05, 0.1) is 11.8 Å². The first kappa shape index (κ1) is 9.90. The number of hydrogen-bond acceptors (Lipinski definition) is 5. The first-order chi connectivity index (χ1) is 6.59. The van der Waals surface area contributed by atoms with Gasteiger partial charge >= 0.3 is 6.03 Å². The lowest BCUT2D eigenvalue weighted by molar-refractivity contribution is 0.249. The molecule has 0 aromatic carbocycles. The number of aromatic nitrogens is 2. The predicted molar refractivity (Wildman–Crippen MR) is 51.5 cm³/mol. The number of anilines is 1. The molecule has 0 radical (unpaired) electrons. The Kier molecular flexibility index (Phi) is 2.95. The minimum Gasteiger partial charge on any atom is -0.383 e. The average molecular weight is 194 g/mol. The summed E-state index contributed by atoms with van der Waals surface area (Å²) in [6.07, 6.45) is 2.82. The van der Waals surface area contributed by atoms with Crippen LogP contribution in [0.1, 0.15) is 11.4 Å². The lowest BCUT2D eigenvalue weighted by Crippen LogP contribution is -2.24. The molecule has 7 heteroatoms. The van der Waals surface area contributed by atoms with Crippen LogP contribution in [0.15, 0.2) is 11.3 Å². The molecule has 0 fully saturated rings. The summed E-state index contributed by atoms with van der Waals surface area (Å²) in [5, 5.41) is 3.52. The summed E-state index contributed by atoms with van der Waals surface area (Å²) in [5.41, 5.74) is 12.9. The Morgan fingerprint density at radius 3 is 3.00 bits per heavy atom. The molecule has 0 saturated heterocycles. The summed E-state index contributed by atoms with van der Waals surface area (Å²) < 4.78 is 0. The fourth-order valence-corrected chi connectivity index (χ4v) is 0.762. The van der Waals surface area contributed by atoms with Crippen LogP contribution in [-0.2, 0) is 0 Å². The molecule has 7 nitrogen and oxygen atoms in total. The number of urea groups is 1. The van der Waals surface area contributed by atoms with Crippen LogP contribution in [0.25, 0.3) is 0 Å². The minimum atomic E-state index is -0.743. The highest BCUT2D eigenvalue weighted by atomic mass is 16.2. The van der Waals surface area contributed by atoms with Crippen molar-refractivity contribution in [3.05, 3.63) is 17.6 Å². The number of hydrazone groups is 1. The molecule has 1 aromatic rings. The van der Waals surface area contributed by atoms with Crippen molar-refractivity contribution in [2.45, 2.75) is 6.92 Å². The van der Waals surface area contributed by atoms with Crippen LogP contribution < -0.4 is 16.9 Å². The molecular weight excluding hydrogens is 184 g/mol. The largest absolute Gasteiger partial charge is 0.383 e. The smallest absolute Gasteiger partial charge is 0.332 e. The molecule has 14 heavy (non-hydrogen) atoms. The van der Waals surface area contributed by atoms with E-state index in [1.807, 2.05) is 5.43 Å². The summed E-state index contributed by atoms with van der Waals surface area (Å²) in [7, 11) is 0. The second-order valence-corrected chi connectivity index (χ2v) is 2.49. The number of primary amides is 1. The zero-order valence-corrected chi connectivity index (χ0v) is 7.56. The zero-order valence-electron chi connectivity index (χ0n) is 7.56. The summed E-state index contributed by atoms with van der Waals surface area (Å²) in [6.45, 7) is 1.72.